The third-order valence-electron chi connectivity index (χ3n) is 5.42. The first-order chi connectivity index (χ1) is 12.8. The van der Waals surface area contributed by atoms with Crippen LogP contribution < -0.4 is 20.7 Å². The predicted octanol–water partition coefficient (Wildman–Crippen LogP) is 3.65. The van der Waals surface area contributed by atoms with Crippen molar-refractivity contribution in [3.63, 3.8) is 0 Å². The molecule has 0 saturated carbocycles. The standard InChI is InChI=1S/C24H17ISi/c25-18-15-16-24-22(17-18)21-13-7-8-14-23(21)26(24,19-9-3-1-4-10-19)20-11-5-2-6-12-20/h1-17H. The van der Waals surface area contributed by atoms with Crippen LogP contribution in [0.2, 0.25) is 0 Å². The minimum atomic E-state index is -2.25. The number of hydrogen-bond donors (Lipinski definition) is 0. The van der Waals surface area contributed by atoms with E-state index in [4.69, 9.17) is 0 Å². The van der Waals surface area contributed by atoms with Gasteiger partial charge in [-0.1, -0.05) is 91.0 Å². The van der Waals surface area contributed by atoms with Crippen LogP contribution in [0.25, 0.3) is 11.1 Å². The monoisotopic (exact) mass is 460 g/mol. The highest BCUT2D eigenvalue weighted by Crippen LogP contribution is 2.29. The fraction of sp³-hybridized carbons (Fsp3) is 0. The molecule has 1 aliphatic heterocycles. The van der Waals surface area contributed by atoms with Gasteiger partial charge in [-0.15, -0.1) is 0 Å². The molecule has 0 saturated heterocycles. The van der Waals surface area contributed by atoms with Crippen LogP contribution in [0.15, 0.2) is 103 Å². The Bertz CT molecular complexity index is 1050. The SMILES string of the molecule is Ic1ccc2c(c1)-c1ccccc1[Si]2(c1ccccc1)c1ccccc1. The third kappa shape index (κ3) is 2.18. The van der Waals surface area contributed by atoms with Gasteiger partial charge >= 0.3 is 0 Å². The molecular weight excluding hydrogens is 443 g/mol. The van der Waals surface area contributed by atoms with Crippen molar-refractivity contribution in [3.8, 4) is 11.1 Å². The maximum atomic E-state index is 2.43. The van der Waals surface area contributed by atoms with E-state index in [0.29, 0.717) is 0 Å². The minimum Gasteiger partial charge on any atom is -0.0623 e. The number of fused-ring (bicyclic) bond motifs is 3. The molecule has 5 rings (SSSR count). The molecule has 0 N–H and O–H groups in total. The Morgan fingerprint density at radius 2 is 1.04 bits per heavy atom. The lowest BCUT2D eigenvalue weighted by Gasteiger charge is -2.31. The molecule has 0 nitrogen and oxygen atoms in total. The van der Waals surface area contributed by atoms with E-state index in [1.807, 2.05) is 0 Å². The van der Waals surface area contributed by atoms with E-state index < -0.39 is 8.07 Å². The molecule has 0 atom stereocenters. The lowest BCUT2D eigenvalue weighted by Crippen LogP contribution is -2.72. The van der Waals surface area contributed by atoms with Crippen molar-refractivity contribution >= 4 is 51.4 Å². The van der Waals surface area contributed by atoms with Crippen LogP contribution in [0.1, 0.15) is 0 Å². The molecule has 0 aromatic heterocycles. The molecule has 124 valence electrons. The van der Waals surface area contributed by atoms with Crippen molar-refractivity contribution in [2.45, 2.75) is 0 Å². The molecule has 0 unspecified atom stereocenters. The van der Waals surface area contributed by atoms with Crippen LogP contribution in [-0.4, -0.2) is 8.07 Å². The second-order valence-electron chi connectivity index (χ2n) is 6.72. The Labute approximate surface area is 168 Å². The average Bonchev–Trinajstić information content (AvgIpc) is 3.00. The molecule has 4 aromatic carbocycles. The van der Waals surface area contributed by atoms with Crippen LogP contribution in [0.5, 0.6) is 0 Å². The summed E-state index contributed by atoms with van der Waals surface area (Å²) < 4.78 is 1.29. The van der Waals surface area contributed by atoms with Crippen LogP contribution in [-0.2, 0) is 0 Å². The van der Waals surface area contributed by atoms with E-state index in [9.17, 15) is 0 Å². The zero-order chi connectivity index (χ0) is 17.6. The lowest BCUT2D eigenvalue weighted by molar-refractivity contribution is 1.66. The smallest absolute Gasteiger partial charge is 0.0623 e. The Kier molecular flexibility index (Phi) is 3.83. The summed E-state index contributed by atoms with van der Waals surface area (Å²) >= 11 is 2.43. The Hall–Kier alpha value is -2.17. The van der Waals surface area contributed by atoms with Crippen molar-refractivity contribution in [2.24, 2.45) is 0 Å². The second kappa shape index (κ2) is 6.22. The first kappa shape index (κ1) is 16.0. The van der Waals surface area contributed by atoms with Gasteiger partial charge in [-0.2, -0.15) is 0 Å². The van der Waals surface area contributed by atoms with Gasteiger partial charge in [0.1, 0.15) is 0 Å². The van der Waals surface area contributed by atoms with Gasteiger partial charge in [0.15, 0.2) is 8.07 Å². The number of rotatable bonds is 2. The summed E-state index contributed by atoms with van der Waals surface area (Å²) in [6.07, 6.45) is 0. The molecule has 0 fully saturated rings. The van der Waals surface area contributed by atoms with Gasteiger partial charge in [-0.05, 0) is 66.6 Å². The Morgan fingerprint density at radius 1 is 0.500 bits per heavy atom. The minimum absolute atomic E-state index is 1.29. The Morgan fingerprint density at radius 3 is 1.69 bits per heavy atom. The highest BCUT2D eigenvalue weighted by molar-refractivity contribution is 14.1. The van der Waals surface area contributed by atoms with Crippen LogP contribution in [0, 0.1) is 3.57 Å². The summed E-state index contributed by atoms with van der Waals surface area (Å²) in [6.45, 7) is 0. The fourth-order valence-corrected chi connectivity index (χ4v) is 10.1. The van der Waals surface area contributed by atoms with Crippen LogP contribution in [0.4, 0.5) is 0 Å². The topological polar surface area (TPSA) is 0 Å². The maximum Gasteiger partial charge on any atom is 0.180 e. The summed E-state index contributed by atoms with van der Waals surface area (Å²) in [5, 5.41) is 5.93. The van der Waals surface area contributed by atoms with E-state index in [0.717, 1.165) is 0 Å². The largest absolute Gasteiger partial charge is 0.180 e. The first-order valence-electron chi connectivity index (χ1n) is 8.83. The van der Waals surface area contributed by atoms with Crippen LogP contribution in [0.3, 0.4) is 0 Å². The fourth-order valence-electron chi connectivity index (χ4n) is 4.42. The molecule has 0 radical (unpaired) electrons. The van der Waals surface area contributed by atoms with E-state index in [-0.39, 0.29) is 0 Å². The molecule has 1 aliphatic rings. The van der Waals surface area contributed by atoms with Gasteiger partial charge in [-0.3, -0.25) is 0 Å². The number of halogens is 1. The van der Waals surface area contributed by atoms with Crippen molar-refractivity contribution in [1.29, 1.82) is 0 Å². The molecular formula is C24H17ISi. The predicted molar refractivity (Wildman–Crippen MR) is 122 cm³/mol. The van der Waals surface area contributed by atoms with Gasteiger partial charge in [-0.25, -0.2) is 0 Å². The molecule has 0 spiro atoms. The molecule has 1 heterocycles. The molecule has 0 aliphatic carbocycles. The third-order valence-corrected chi connectivity index (χ3v) is 11.0. The van der Waals surface area contributed by atoms with Crippen molar-refractivity contribution in [2.75, 3.05) is 0 Å². The summed E-state index contributed by atoms with van der Waals surface area (Å²) in [6, 6.07) is 38.3. The van der Waals surface area contributed by atoms with E-state index >= 15 is 0 Å². The lowest BCUT2D eigenvalue weighted by atomic mass is 10.1. The summed E-state index contributed by atoms with van der Waals surface area (Å²) in [4.78, 5) is 0. The first-order valence-corrected chi connectivity index (χ1v) is 11.9. The van der Waals surface area contributed by atoms with Crippen molar-refractivity contribution < 1.29 is 0 Å². The molecule has 0 bridgehead atoms. The normalized spacial score (nSPS) is 13.9. The summed E-state index contributed by atoms with van der Waals surface area (Å²) in [5.41, 5.74) is 2.81. The highest BCUT2D eigenvalue weighted by Gasteiger charge is 2.48. The van der Waals surface area contributed by atoms with E-state index in [1.54, 1.807) is 0 Å². The maximum absolute atomic E-state index is 2.43. The second-order valence-corrected chi connectivity index (χ2v) is 11.7. The zero-order valence-electron chi connectivity index (χ0n) is 14.2. The number of benzene rings is 4. The van der Waals surface area contributed by atoms with E-state index in [2.05, 4.69) is 126 Å². The summed E-state index contributed by atoms with van der Waals surface area (Å²) in [7, 11) is -2.25. The van der Waals surface area contributed by atoms with Crippen LogP contribution >= 0.6 is 22.6 Å². The van der Waals surface area contributed by atoms with Crippen molar-refractivity contribution in [1.82, 2.24) is 0 Å². The van der Waals surface area contributed by atoms with Gasteiger partial charge in [0.25, 0.3) is 0 Å². The van der Waals surface area contributed by atoms with Gasteiger partial charge in [0.05, 0.1) is 0 Å². The van der Waals surface area contributed by atoms with Crippen molar-refractivity contribution in [3.05, 3.63) is 107 Å². The quantitative estimate of drug-likeness (QED) is 0.279. The van der Waals surface area contributed by atoms with Gasteiger partial charge in [0.2, 0.25) is 0 Å². The molecule has 0 amide bonds. The van der Waals surface area contributed by atoms with Gasteiger partial charge in [0, 0.05) is 3.57 Å². The summed E-state index contributed by atoms with van der Waals surface area (Å²) in [5.74, 6) is 0. The Balaban J connectivity index is 1.98. The molecule has 2 heteroatoms. The zero-order valence-corrected chi connectivity index (χ0v) is 17.4. The molecule has 4 aromatic rings. The average molecular weight is 460 g/mol. The van der Waals surface area contributed by atoms with Gasteiger partial charge < -0.3 is 0 Å². The number of hydrogen-bond acceptors (Lipinski definition) is 0. The highest BCUT2D eigenvalue weighted by atomic mass is 127. The van der Waals surface area contributed by atoms with E-state index in [1.165, 1.54) is 35.4 Å². The molecule has 26 heavy (non-hydrogen) atoms.